The van der Waals surface area contributed by atoms with Gasteiger partial charge in [-0.1, -0.05) is 50.2 Å². The first kappa shape index (κ1) is 23.7. The standard InChI is InChI=1S/C27H28N4O5/c1-15(2)17-8-10-18(11-9-17)25-24-23-21(26(32)29(5)27(33)28(23)4)22(30(24)12-13-36-25)19-7-6-16(3)20(14-19)31(34)35/h6-11,14-15,25H,12-13H2,1-5H3. The Kier molecular flexibility index (Phi) is 5.67. The number of nitrogens with zero attached hydrogens (tertiary/aromatic N) is 4. The number of nitro benzene ring substituents is 1. The summed E-state index contributed by atoms with van der Waals surface area (Å²) in [5.41, 5.74) is 4.03. The molecule has 9 heteroatoms. The van der Waals surface area contributed by atoms with E-state index in [1.165, 1.54) is 23.2 Å². The first-order valence-electron chi connectivity index (χ1n) is 11.9. The van der Waals surface area contributed by atoms with Crippen LogP contribution in [0.2, 0.25) is 0 Å². The van der Waals surface area contributed by atoms with Gasteiger partial charge in [-0.3, -0.25) is 24.0 Å². The van der Waals surface area contributed by atoms with Crippen LogP contribution in [-0.2, 0) is 25.4 Å². The normalized spacial score (nSPS) is 15.4. The van der Waals surface area contributed by atoms with Crippen molar-refractivity contribution < 1.29 is 9.66 Å². The van der Waals surface area contributed by atoms with E-state index in [0.717, 1.165) is 10.1 Å². The van der Waals surface area contributed by atoms with Gasteiger partial charge < -0.3 is 9.30 Å². The molecule has 1 aliphatic rings. The van der Waals surface area contributed by atoms with Crippen LogP contribution < -0.4 is 11.2 Å². The van der Waals surface area contributed by atoms with Gasteiger partial charge in [-0.05, 0) is 24.0 Å². The van der Waals surface area contributed by atoms with Crippen molar-refractivity contribution in [3.8, 4) is 11.3 Å². The molecule has 1 unspecified atom stereocenters. The Morgan fingerprint density at radius 2 is 1.75 bits per heavy atom. The minimum Gasteiger partial charge on any atom is -0.365 e. The van der Waals surface area contributed by atoms with Crippen LogP contribution in [0.4, 0.5) is 5.69 Å². The number of fused-ring (bicyclic) bond motifs is 3. The summed E-state index contributed by atoms with van der Waals surface area (Å²) in [4.78, 5) is 37.8. The summed E-state index contributed by atoms with van der Waals surface area (Å²) in [5, 5.41) is 12.0. The molecule has 0 radical (unpaired) electrons. The summed E-state index contributed by atoms with van der Waals surface area (Å²) in [6, 6.07) is 13.1. The average Bonchev–Trinajstić information content (AvgIpc) is 3.22. The molecule has 1 aliphatic heterocycles. The predicted molar refractivity (Wildman–Crippen MR) is 138 cm³/mol. The highest BCUT2D eigenvalue weighted by Gasteiger charge is 2.33. The van der Waals surface area contributed by atoms with Crippen molar-refractivity contribution in [3.63, 3.8) is 0 Å². The largest absolute Gasteiger partial charge is 0.365 e. The topological polar surface area (TPSA) is 101 Å². The molecule has 2 aromatic heterocycles. The Morgan fingerprint density at radius 3 is 2.39 bits per heavy atom. The fourth-order valence-electron chi connectivity index (χ4n) is 5.14. The third kappa shape index (κ3) is 3.50. The van der Waals surface area contributed by atoms with Crippen molar-refractivity contribution in [1.82, 2.24) is 13.7 Å². The molecule has 5 rings (SSSR count). The molecule has 36 heavy (non-hydrogen) atoms. The van der Waals surface area contributed by atoms with Gasteiger partial charge >= 0.3 is 5.69 Å². The molecule has 0 spiro atoms. The minimum atomic E-state index is -0.505. The number of nitro groups is 1. The van der Waals surface area contributed by atoms with Gasteiger partial charge in [0.2, 0.25) is 0 Å². The van der Waals surface area contributed by atoms with Crippen molar-refractivity contribution in [2.45, 2.75) is 39.3 Å². The van der Waals surface area contributed by atoms with E-state index in [0.29, 0.717) is 52.5 Å². The number of rotatable bonds is 4. The van der Waals surface area contributed by atoms with Gasteiger partial charge in [0.05, 0.1) is 33.8 Å². The minimum absolute atomic E-state index is 0.0225. The summed E-state index contributed by atoms with van der Waals surface area (Å²) in [6.07, 6.45) is -0.505. The summed E-state index contributed by atoms with van der Waals surface area (Å²) < 4.78 is 10.8. The Bertz CT molecular complexity index is 1640. The Hall–Kier alpha value is -3.98. The molecule has 186 valence electrons. The van der Waals surface area contributed by atoms with Gasteiger partial charge in [-0.2, -0.15) is 0 Å². The first-order valence-corrected chi connectivity index (χ1v) is 11.9. The number of aryl methyl sites for hydroxylation is 2. The van der Waals surface area contributed by atoms with Gasteiger partial charge in [0, 0.05) is 37.8 Å². The van der Waals surface area contributed by atoms with Crippen LogP contribution in [0.25, 0.3) is 22.2 Å². The number of ether oxygens (including phenoxy) is 1. The van der Waals surface area contributed by atoms with Crippen LogP contribution >= 0.6 is 0 Å². The quantitative estimate of drug-likeness (QED) is 0.317. The molecule has 1 atom stereocenters. The van der Waals surface area contributed by atoms with E-state index in [2.05, 4.69) is 26.0 Å². The van der Waals surface area contributed by atoms with Gasteiger partial charge in [-0.15, -0.1) is 0 Å². The average molecular weight is 489 g/mol. The first-order chi connectivity index (χ1) is 17.1. The lowest BCUT2D eigenvalue weighted by molar-refractivity contribution is -0.385. The maximum Gasteiger partial charge on any atom is 0.331 e. The van der Waals surface area contributed by atoms with Crippen LogP contribution in [0, 0.1) is 17.0 Å². The van der Waals surface area contributed by atoms with Crippen LogP contribution in [0.15, 0.2) is 52.1 Å². The zero-order valence-electron chi connectivity index (χ0n) is 20.9. The highest BCUT2D eigenvalue weighted by atomic mass is 16.6. The smallest absolute Gasteiger partial charge is 0.331 e. The molecule has 0 amide bonds. The molecule has 0 saturated heterocycles. The van der Waals surface area contributed by atoms with Gasteiger partial charge in [0.15, 0.2) is 0 Å². The second-order valence-corrected chi connectivity index (χ2v) is 9.65. The molecule has 9 nitrogen and oxygen atoms in total. The summed E-state index contributed by atoms with van der Waals surface area (Å²) >= 11 is 0. The Morgan fingerprint density at radius 1 is 1.06 bits per heavy atom. The lowest BCUT2D eigenvalue weighted by Gasteiger charge is -2.28. The molecule has 0 bridgehead atoms. The van der Waals surface area contributed by atoms with E-state index in [1.54, 1.807) is 26.1 Å². The third-order valence-electron chi connectivity index (χ3n) is 7.14. The molecular weight excluding hydrogens is 460 g/mol. The fraction of sp³-hybridized carbons (Fsp3) is 0.333. The SMILES string of the molecule is Cc1ccc(-c2c3c(=O)n(C)c(=O)n(C)c3c3n2CCOC3c2ccc(C(C)C)cc2)cc1[N+](=O)[O-]. The zero-order chi connectivity index (χ0) is 25.9. The highest BCUT2D eigenvalue weighted by Crippen LogP contribution is 2.41. The summed E-state index contributed by atoms with van der Waals surface area (Å²) in [7, 11) is 3.08. The van der Waals surface area contributed by atoms with Crippen LogP contribution in [0.5, 0.6) is 0 Å². The number of aromatic nitrogens is 3. The van der Waals surface area contributed by atoms with E-state index in [1.807, 2.05) is 16.7 Å². The maximum atomic E-state index is 13.5. The van der Waals surface area contributed by atoms with E-state index in [4.69, 9.17) is 4.74 Å². The molecule has 0 N–H and O–H groups in total. The van der Waals surface area contributed by atoms with Crippen molar-refractivity contribution in [2.75, 3.05) is 6.61 Å². The van der Waals surface area contributed by atoms with Crippen LogP contribution in [-0.4, -0.2) is 25.2 Å². The van der Waals surface area contributed by atoms with Gasteiger partial charge in [0.1, 0.15) is 6.10 Å². The molecule has 2 aromatic carbocycles. The number of hydrogen-bond donors (Lipinski definition) is 0. The van der Waals surface area contributed by atoms with Crippen molar-refractivity contribution in [1.29, 1.82) is 0 Å². The second-order valence-electron chi connectivity index (χ2n) is 9.65. The molecular formula is C27H28N4O5. The summed E-state index contributed by atoms with van der Waals surface area (Å²) in [6.45, 7) is 6.77. The molecule has 4 aromatic rings. The highest BCUT2D eigenvalue weighted by molar-refractivity contribution is 5.97. The van der Waals surface area contributed by atoms with E-state index in [9.17, 15) is 19.7 Å². The predicted octanol–water partition coefficient (Wildman–Crippen LogP) is 4.17. The molecule has 0 saturated carbocycles. The summed E-state index contributed by atoms with van der Waals surface area (Å²) in [5.74, 6) is 0.379. The fourth-order valence-corrected chi connectivity index (χ4v) is 5.14. The Labute approximate surface area is 207 Å². The molecule has 0 aliphatic carbocycles. The Balaban J connectivity index is 1.88. The maximum absolute atomic E-state index is 13.5. The third-order valence-corrected chi connectivity index (χ3v) is 7.14. The van der Waals surface area contributed by atoms with Crippen LogP contribution in [0.3, 0.4) is 0 Å². The van der Waals surface area contributed by atoms with E-state index >= 15 is 0 Å². The van der Waals surface area contributed by atoms with Gasteiger partial charge in [0.25, 0.3) is 11.2 Å². The second kappa shape index (κ2) is 8.60. The monoisotopic (exact) mass is 488 g/mol. The molecule has 0 fully saturated rings. The van der Waals surface area contributed by atoms with E-state index in [-0.39, 0.29) is 5.69 Å². The zero-order valence-corrected chi connectivity index (χ0v) is 20.9. The van der Waals surface area contributed by atoms with Crippen LogP contribution in [0.1, 0.15) is 48.3 Å². The lowest BCUT2D eigenvalue weighted by atomic mass is 9.98. The van der Waals surface area contributed by atoms with Crippen molar-refractivity contribution >= 4 is 16.6 Å². The lowest BCUT2D eigenvalue weighted by Crippen LogP contribution is -2.37. The van der Waals surface area contributed by atoms with Crippen molar-refractivity contribution in [3.05, 3.63) is 95.8 Å². The number of benzene rings is 2. The van der Waals surface area contributed by atoms with E-state index < -0.39 is 22.3 Å². The number of hydrogen-bond acceptors (Lipinski definition) is 5. The molecule has 3 heterocycles. The van der Waals surface area contributed by atoms with Gasteiger partial charge in [-0.25, -0.2) is 4.79 Å². The van der Waals surface area contributed by atoms with Crippen molar-refractivity contribution in [2.24, 2.45) is 14.1 Å².